The van der Waals surface area contributed by atoms with Crippen molar-refractivity contribution in [1.82, 2.24) is 10.2 Å². The summed E-state index contributed by atoms with van der Waals surface area (Å²) in [5.41, 5.74) is 1.23. The van der Waals surface area contributed by atoms with Gasteiger partial charge in [0.25, 0.3) is 0 Å². The van der Waals surface area contributed by atoms with Gasteiger partial charge in [0.2, 0.25) is 0 Å². The van der Waals surface area contributed by atoms with Gasteiger partial charge in [-0.15, -0.1) is 0 Å². The average molecular weight is 288 g/mol. The standard InChI is InChI=1S/C18H28N2O/c1-3-9-20(13(2)14-5-4-6-18(21)10-14)17-11-15-7-8-16(12-17)19-15/h4-6,10,13,15-17,19,21H,3,7-9,11-12H2,1-2H3. The van der Waals surface area contributed by atoms with Crippen molar-refractivity contribution < 1.29 is 5.11 Å². The van der Waals surface area contributed by atoms with Crippen LogP contribution in [0.25, 0.3) is 0 Å². The second-order valence-electron chi connectivity index (χ2n) is 6.77. The van der Waals surface area contributed by atoms with Crippen molar-refractivity contribution >= 4 is 0 Å². The topological polar surface area (TPSA) is 35.5 Å². The van der Waals surface area contributed by atoms with Gasteiger partial charge in [0.05, 0.1) is 0 Å². The number of nitrogens with one attached hydrogen (secondary N) is 1. The molecule has 2 fully saturated rings. The zero-order valence-electron chi connectivity index (χ0n) is 13.3. The second-order valence-corrected chi connectivity index (χ2v) is 6.77. The van der Waals surface area contributed by atoms with Crippen LogP contribution in [0.3, 0.4) is 0 Å². The number of phenols is 1. The lowest BCUT2D eigenvalue weighted by Crippen LogP contribution is -2.49. The van der Waals surface area contributed by atoms with Gasteiger partial charge in [0.1, 0.15) is 5.75 Å². The fourth-order valence-corrected chi connectivity index (χ4v) is 4.22. The Labute approximate surface area is 128 Å². The zero-order chi connectivity index (χ0) is 14.8. The molecule has 2 aliphatic rings. The molecule has 0 spiro atoms. The molecule has 1 aromatic rings. The van der Waals surface area contributed by atoms with Crippen LogP contribution in [0.4, 0.5) is 0 Å². The molecule has 3 unspecified atom stereocenters. The SMILES string of the molecule is CCCN(C1CC2CCC(C1)N2)C(C)c1cccc(O)c1. The molecule has 0 saturated carbocycles. The highest BCUT2D eigenvalue weighted by molar-refractivity contribution is 5.29. The lowest BCUT2D eigenvalue weighted by atomic mass is 9.95. The normalized spacial score (nSPS) is 29.8. The summed E-state index contributed by atoms with van der Waals surface area (Å²) in [7, 11) is 0. The maximum absolute atomic E-state index is 9.75. The molecule has 116 valence electrons. The molecule has 2 heterocycles. The molecule has 0 amide bonds. The van der Waals surface area contributed by atoms with Gasteiger partial charge >= 0.3 is 0 Å². The quantitative estimate of drug-likeness (QED) is 0.871. The van der Waals surface area contributed by atoms with Crippen molar-refractivity contribution in [3.8, 4) is 5.75 Å². The van der Waals surface area contributed by atoms with Crippen LogP contribution >= 0.6 is 0 Å². The van der Waals surface area contributed by atoms with Crippen LogP contribution in [0.2, 0.25) is 0 Å². The molecule has 2 saturated heterocycles. The number of piperidine rings is 1. The van der Waals surface area contributed by atoms with Gasteiger partial charge < -0.3 is 10.4 Å². The fourth-order valence-electron chi connectivity index (χ4n) is 4.22. The Morgan fingerprint density at radius 3 is 2.62 bits per heavy atom. The summed E-state index contributed by atoms with van der Waals surface area (Å²) in [4.78, 5) is 2.67. The van der Waals surface area contributed by atoms with Gasteiger partial charge in [0, 0.05) is 24.2 Å². The van der Waals surface area contributed by atoms with Gasteiger partial charge in [-0.3, -0.25) is 4.90 Å². The number of rotatable bonds is 5. The van der Waals surface area contributed by atoms with Crippen LogP contribution in [0, 0.1) is 0 Å². The predicted molar refractivity (Wildman–Crippen MR) is 86.5 cm³/mol. The molecule has 21 heavy (non-hydrogen) atoms. The third kappa shape index (κ3) is 3.24. The maximum Gasteiger partial charge on any atom is 0.115 e. The molecular weight excluding hydrogens is 260 g/mol. The molecule has 3 heteroatoms. The van der Waals surface area contributed by atoms with Crippen LogP contribution in [-0.4, -0.2) is 34.7 Å². The van der Waals surface area contributed by atoms with E-state index in [4.69, 9.17) is 0 Å². The monoisotopic (exact) mass is 288 g/mol. The number of nitrogens with zero attached hydrogens (tertiary/aromatic N) is 1. The first kappa shape index (κ1) is 14.9. The Balaban J connectivity index is 1.77. The van der Waals surface area contributed by atoms with Gasteiger partial charge in [0.15, 0.2) is 0 Å². The van der Waals surface area contributed by atoms with E-state index >= 15 is 0 Å². The first-order valence-electron chi connectivity index (χ1n) is 8.48. The Morgan fingerprint density at radius 2 is 2.00 bits per heavy atom. The van der Waals surface area contributed by atoms with E-state index in [1.54, 1.807) is 6.07 Å². The third-order valence-electron chi connectivity index (χ3n) is 5.25. The highest BCUT2D eigenvalue weighted by atomic mass is 16.3. The third-order valence-corrected chi connectivity index (χ3v) is 5.25. The Kier molecular flexibility index (Phi) is 4.51. The van der Waals surface area contributed by atoms with E-state index in [9.17, 15) is 5.11 Å². The largest absolute Gasteiger partial charge is 0.508 e. The van der Waals surface area contributed by atoms with Gasteiger partial charge in [-0.2, -0.15) is 0 Å². The van der Waals surface area contributed by atoms with Gasteiger partial charge in [-0.05, 0) is 63.3 Å². The van der Waals surface area contributed by atoms with Gasteiger partial charge in [-0.25, -0.2) is 0 Å². The Bertz CT molecular complexity index is 464. The molecular formula is C18H28N2O. The minimum atomic E-state index is 0.375. The number of hydrogen-bond donors (Lipinski definition) is 2. The molecule has 0 aromatic heterocycles. The van der Waals surface area contributed by atoms with E-state index in [1.165, 1.54) is 37.7 Å². The predicted octanol–water partition coefficient (Wildman–Crippen LogP) is 3.45. The number of fused-ring (bicyclic) bond motifs is 2. The van der Waals surface area contributed by atoms with Crippen molar-refractivity contribution in [1.29, 1.82) is 0 Å². The minimum absolute atomic E-state index is 0.375. The maximum atomic E-state index is 9.75. The molecule has 3 atom stereocenters. The van der Waals surface area contributed by atoms with Crippen LogP contribution in [0.1, 0.15) is 57.6 Å². The van der Waals surface area contributed by atoms with Gasteiger partial charge in [-0.1, -0.05) is 19.1 Å². The highest BCUT2D eigenvalue weighted by Gasteiger charge is 2.37. The van der Waals surface area contributed by atoms with E-state index in [-0.39, 0.29) is 0 Å². The van der Waals surface area contributed by atoms with E-state index in [0.29, 0.717) is 17.8 Å². The summed E-state index contributed by atoms with van der Waals surface area (Å²) < 4.78 is 0. The summed E-state index contributed by atoms with van der Waals surface area (Å²) >= 11 is 0. The smallest absolute Gasteiger partial charge is 0.115 e. The van der Waals surface area contributed by atoms with Crippen molar-refractivity contribution in [2.45, 2.75) is 70.1 Å². The summed E-state index contributed by atoms with van der Waals surface area (Å²) in [5.74, 6) is 0.376. The molecule has 2 aliphatic heterocycles. The lowest BCUT2D eigenvalue weighted by Gasteiger charge is -2.41. The Morgan fingerprint density at radius 1 is 1.29 bits per heavy atom. The molecule has 2 bridgehead atoms. The van der Waals surface area contributed by atoms with Crippen LogP contribution in [0.5, 0.6) is 5.75 Å². The number of benzene rings is 1. The number of phenolic OH excluding ortho intramolecular Hbond substituents is 1. The van der Waals surface area contributed by atoms with Crippen molar-refractivity contribution in [3.63, 3.8) is 0 Å². The summed E-state index contributed by atoms with van der Waals surface area (Å²) in [5, 5.41) is 13.5. The summed E-state index contributed by atoms with van der Waals surface area (Å²) in [6.45, 7) is 5.69. The summed E-state index contributed by atoms with van der Waals surface area (Å²) in [6, 6.07) is 10.3. The van der Waals surface area contributed by atoms with Crippen LogP contribution in [-0.2, 0) is 0 Å². The van der Waals surface area contributed by atoms with Crippen molar-refractivity contribution in [2.75, 3.05) is 6.54 Å². The zero-order valence-corrected chi connectivity index (χ0v) is 13.3. The summed E-state index contributed by atoms with van der Waals surface area (Å²) in [6.07, 6.45) is 6.44. The van der Waals surface area contributed by atoms with E-state index < -0.39 is 0 Å². The molecule has 0 radical (unpaired) electrons. The molecule has 1 aromatic carbocycles. The van der Waals surface area contributed by atoms with E-state index in [0.717, 1.165) is 18.6 Å². The molecule has 2 N–H and O–H groups in total. The van der Waals surface area contributed by atoms with Crippen molar-refractivity contribution in [3.05, 3.63) is 29.8 Å². The first-order valence-corrected chi connectivity index (χ1v) is 8.48. The van der Waals surface area contributed by atoms with E-state index in [2.05, 4.69) is 30.1 Å². The van der Waals surface area contributed by atoms with Crippen LogP contribution in [0.15, 0.2) is 24.3 Å². The number of aromatic hydroxyl groups is 1. The van der Waals surface area contributed by atoms with Crippen LogP contribution < -0.4 is 5.32 Å². The first-order chi connectivity index (χ1) is 10.2. The van der Waals surface area contributed by atoms with E-state index in [1.807, 2.05) is 12.1 Å². The minimum Gasteiger partial charge on any atom is -0.508 e. The highest BCUT2D eigenvalue weighted by Crippen LogP contribution is 2.34. The Hall–Kier alpha value is -1.06. The molecule has 0 aliphatic carbocycles. The van der Waals surface area contributed by atoms with Crippen molar-refractivity contribution in [2.24, 2.45) is 0 Å². The molecule has 3 rings (SSSR count). The number of hydrogen-bond acceptors (Lipinski definition) is 3. The average Bonchev–Trinajstić information content (AvgIpc) is 2.82. The molecule has 3 nitrogen and oxygen atoms in total. The fraction of sp³-hybridized carbons (Fsp3) is 0.667. The second kappa shape index (κ2) is 6.37. The lowest BCUT2D eigenvalue weighted by molar-refractivity contribution is 0.101.